The SMILES string of the molecule is CCN(Cc1cc([N+](=O)[O-])cc2nc(OC)c(OC)nc12)[C@@H](C)P(=O)(O)O. The van der Waals surface area contributed by atoms with Crippen molar-refractivity contribution in [1.82, 2.24) is 14.9 Å². The highest BCUT2D eigenvalue weighted by atomic mass is 31.2. The van der Waals surface area contributed by atoms with Gasteiger partial charge in [0.1, 0.15) is 11.3 Å². The van der Waals surface area contributed by atoms with Crippen molar-refractivity contribution in [1.29, 1.82) is 0 Å². The number of hydrogen-bond donors (Lipinski definition) is 2. The number of nitro groups is 1. The zero-order valence-electron chi connectivity index (χ0n) is 15.3. The van der Waals surface area contributed by atoms with Crippen molar-refractivity contribution in [2.24, 2.45) is 0 Å². The molecule has 0 aliphatic rings. The van der Waals surface area contributed by atoms with E-state index in [1.807, 2.05) is 0 Å². The Labute approximate surface area is 155 Å². The van der Waals surface area contributed by atoms with Gasteiger partial charge < -0.3 is 19.3 Å². The summed E-state index contributed by atoms with van der Waals surface area (Å²) in [5.74, 6) is -0.886. The van der Waals surface area contributed by atoms with Gasteiger partial charge >= 0.3 is 7.60 Å². The molecule has 11 nitrogen and oxygen atoms in total. The zero-order valence-corrected chi connectivity index (χ0v) is 16.2. The van der Waals surface area contributed by atoms with Crippen LogP contribution >= 0.6 is 7.60 Å². The molecule has 0 saturated heterocycles. The maximum atomic E-state index is 11.6. The van der Waals surface area contributed by atoms with E-state index in [1.165, 1.54) is 38.2 Å². The molecule has 0 bridgehead atoms. The fourth-order valence-electron chi connectivity index (χ4n) is 2.61. The zero-order chi connectivity index (χ0) is 20.4. The van der Waals surface area contributed by atoms with E-state index in [2.05, 4.69) is 9.97 Å². The lowest BCUT2D eigenvalue weighted by molar-refractivity contribution is -0.384. The van der Waals surface area contributed by atoms with Crippen molar-refractivity contribution in [3.8, 4) is 11.8 Å². The van der Waals surface area contributed by atoms with Crippen LogP contribution in [0.1, 0.15) is 19.4 Å². The number of aromatic nitrogens is 2. The lowest BCUT2D eigenvalue weighted by Crippen LogP contribution is -2.32. The molecule has 0 amide bonds. The van der Waals surface area contributed by atoms with Crippen molar-refractivity contribution in [2.75, 3.05) is 20.8 Å². The summed E-state index contributed by atoms with van der Waals surface area (Å²) in [7, 11) is -1.62. The van der Waals surface area contributed by atoms with Crippen molar-refractivity contribution in [3.63, 3.8) is 0 Å². The van der Waals surface area contributed by atoms with E-state index in [9.17, 15) is 24.5 Å². The second kappa shape index (κ2) is 8.13. The third kappa shape index (κ3) is 4.51. The van der Waals surface area contributed by atoms with Gasteiger partial charge in [0, 0.05) is 24.2 Å². The summed E-state index contributed by atoms with van der Waals surface area (Å²) in [6.45, 7) is 3.49. The van der Waals surface area contributed by atoms with Crippen molar-refractivity contribution >= 4 is 24.3 Å². The van der Waals surface area contributed by atoms with Crippen LogP contribution in [0.15, 0.2) is 12.1 Å². The summed E-state index contributed by atoms with van der Waals surface area (Å²) in [4.78, 5) is 39.7. The lowest BCUT2D eigenvalue weighted by Gasteiger charge is -2.28. The van der Waals surface area contributed by atoms with E-state index in [1.54, 1.807) is 6.92 Å². The number of ether oxygens (including phenoxy) is 2. The predicted molar refractivity (Wildman–Crippen MR) is 96.9 cm³/mol. The molecule has 0 unspecified atom stereocenters. The van der Waals surface area contributed by atoms with E-state index in [-0.39, 0.29) is 29.5 Å². The monoisotopic (exact) mass is 400 g/mol. The molecule has 148 valence electrons. The largest absolute Gasteiger partial charge is 0.477 e. The lowest BCUT2D eigenvalue weighted by atomic mass is 10.1. The van der Waals surface area contributed by atoms with Gasteiger partial charge in [0.2, 0.25) is 0 Å². The van der Waals surface area contributed by atoms with Crippen LogP contribution in [0.4, 0.5) is 5.69 Å². The number of methoxy groups -OCH3 is 2. The Hall–Kier alpha value is -2.33. The summed E-state index contributed by atoms with van der Waals surface area (Å²) in [6.07, 6.45) is 0. The number of nitrogens with zero attached hydrogens (tertiary/aromatic N) is 4. The minimum absolute atomic E-state index is 0.0329. The summed E-state index contributed by atoms with van der Waals surface area (Å²) in [5, 5.41) is 11.3. The molecular formula is C15H21N4O7P. The molecule has 0 fully saturated rings. The molecule has 1 heterocycles. The van der Waals surface area contributed by atoms with Gasteiger partial charge in [-0.2, -0.15) is 0 Å². The quantitative estimate of drug-likeness (QED) is 0.382. The fourth-order valence-corrected chi connectivity index (χ4v) is 3.28. The van der Waals surface area contributed by atoms with E-state index < -0.39 is 18.3 Å². The average molecular weight is 400 g/mol. The van der Waals surface area contributed by atoms with Crippen molar-refractivity contribution in [2.45, 2.75) is 26.2 Å². The van der Waals surface area contributed by atoms with Gasteiger partial charge in [-0.15, -0.1) is 0 Å². The predicted octanol–water partition coefficient (Wildman–Crippen LogP) is 1.90. The summed E-state index contributed by atoms with van der Waals surface area (Å²) >= 11 is 0. The first-order chi connectivity index (χ1) is 12.6. The van der Waals surface area contributed by atoms with Crippen LogP contribution in [0, 0.1) is 10.1 Å². The third-order valence-corrected chi connectivity index (χ3v) is 5.46. The maximum Gasteiger partial charge on any atom is 0.342 e. The standard InChI is InChI=1S/C15H21N4O7P/c1-5-18(9(2)27(22,23)24)8-10-6-11(19(20)21)7-12-13(10)17-15(26-4)14(16-12)25-3/h6-7,9H,5,8H2,1-4H3,(H2,22,23,24)/t9-/m1/s1. The van der Waals surface area contributed by atoms with E-state index >= 15 is 0 Å². The Balaban J connectivity index is 2.65. The van der Waals surface area contributed by atoms with Crippen molar-refractivity contribution in [3.05, 3.63) is 27.8 Å². The number of hydrogen-bond acceptors (Lipinski definition) is 8. The van der Waals surface area contributed by atoms with E-state index in [4.69, 9.17) is 9.47 Å². The smallest absolute Gasteiger partial charge is 0.342 e. The van der Waals surface area contributed by atoms with Gasteiger partial charge in [0.15, 0.2) is 0 Å². The molecule has 0 saturated carbocycles. The number of fused-ring (bicyclic) bond motifs is 1. The number of non-ortho nitro benzene ring substituents is 1. The van der Waals surface area contributed by atoms with Crippen molar-refractivity contribution < 1.29 is 28.7 Å². The van der Waals surface area contributed by atoms with Crippen LogP contribution in [-0.4, -0.2) is 56.1 Å². The number of rotatable bonds is 8. The summed E-state index contributed by atoms with van der Waals surface area (Å²) in [5.41, 5.74) is 0.736. The first-order valence-electron chi connectivity index (χ1n) is 7.98. The van der Waals surface area contributed by atoms with Crippen LogP contribution in [0.3, 0.4) is 0 Å². The van der Waals surface area contributed by atoms with Crippen LogP contribution in [0.5, 0.6) is 11.8 Å². The van der Waals surface area contributed by atoms with Gasteiger partial charge in [-0.05, 0) is 13.5 Å². The molecule has 0 radical (unpaired) electrons. The number of benzene rings is 1. The molecular weight excluding hydrogens is 379 g/mol. The van der Waals surface area contributed by atoms with Crippen LogP contribution in [0.25, 0.3) is 11.0 Å². The Bertz CT molecular complexity index is 901. The van der Waals surface area contributed by atoms with Gasteiger partial charge in [-0.3, -0.25) is 19.6 Å². The van der Waals surface area contributed by atoms with Gasteiger partial charge in [-0.1, -0.05) is 6.92 Å². The van der Waals surface area contributed by atoms with E-state index in [0.29, 0.717) is 17.6 Å². The molecule has 2 rings (SSSR count). The highest BCUT2D eigenvalue weighted by Crippen LogP contribution is 2.43. The second-order valence-electron chi connectivity index (χ2n) is 5.76. The normalized spacial score (nSPS) is 13.0. The average Bonchev–Trinajstić information content (AvgIpc) is 2.62. The molecule has 2 aromatic rings. The minimum Gasteiger partial charge on any atom is -0.477 e. The van der Waals surface area contributed by atoms with Gasteiger partial charge in [0.05, 0.1) is 24.7 Å². The van der Waals surface area contributed by atoms with Gasteiger partial charge in [0.25, 0.3) is 17.4 Å². The Morgan fingerprint density at radius 3 is 2.33 bits per heavy atom. The molecule has 12 heteroatoms. The molecule has 0 aliphatic carbocycles. The van der Waals surface area contributed by atoms with Gasteiger partial charge in [-0.25, -0.2) is 9.97 Å². The Morgan fingerprint density at radius 1 is 1.26 bits per heavy atom. The minimum atomic E-state index is -4.37. The maximum absolute atomic E-state index is 11.6. The first kappa shape index (κ1) is 21.0. The third-order valence-electron chi connectivity index (χ3n) is 4.16. The first-order valence-corrected chi connectivity index (χ1v) is 9.66. The van der Waals surface area contributed by atoms with Crippen LogP contribution in [-0.2, 0) is 11.1 Å². The summed E-state index contributed by atoms with van der Waals surface area (Å²) in [6, 6.07) is 2.58. The topological polar surface area (TPSA) is 148 Å². The molecule has 1 aromatic heterocycles. The van der Waals surface area contributed by atoms with E-state index in [0.717, 1.165) is 0 Å². The highest BCUT2D eigenvalue weighted by Gasteiger charge is 2.30. The molecule has 27 heavy (non-hydrogen) atoms. The molecule has 2 N–H and O–H groups in total. The fraction of sp³-hybridized carbons (Fsp3) is 0.467. The second-order valence-corrected chi connectivity index (χ2v) is 7.68. The van der Waals surface area contributed by atoms with Crippen LogP contribution < -0.4 is 9.47 Å². The molecule has 0 spiro atoms. The number of nitro benzene ring substituents is 1. The van der Waals surface area contributed by atoms with Crippen LogP contribution in [0.2, 0.25) is 0 Å². The molecule has 1 aromatic carbocycles. The summed E-state index contributed by atoms with van der Waals surface area (Å²) < 4.78 is 21.9. The Morgan fingerprint density at radius 2 is 1.85 bits per heavy atom. The molecule has 0 aliphatic heterocycles. The molecule has 1 atom stereocenters. The Kier molecular flexibility index (Phi) is 6.32. The highest BCUT2D eigenvalue weighted by molar-refractivity contribution is 7.52.